The average molecular weight is 392 g/mol. The lowest BCUT2D eigenvalue weighted by Crippen LogP contribution is -2.36. The molecule has 9 heteroatoms. The van der Waals surface area contributed by atoms with Crippen molar-refractivity contribution in [3.05, 3.63) is 54.2 Å². The highest BCUT2D eigenvalue weighted by Crippen LogP contribution is 2.16. The second-order valence-corrected chi connectivity index (χ2v) is 8.20. The molecule has 1 aliphatic rings. The first kappa shape index (κ1) is 19.2. The van der Waals surface area contributed by atoms with Crippen LogP contribution in [-0.4, -0.2) is 59.3 Å². The predicted octanol–water partition coefficient (Wildman–Crippen LogP) is 1.50. The molecule has 0 bridgehead atoms. The summed E-state index contributed by atoms with van der Waals surface area (Å²) in [6.07, 6.45) is 6.17. The Labute approximate surface area is 157 Å². The number of carbonyl (C=O) groups excluding carboxylic acids is 1. The van der Waals surface area contributed by atoms with Crippen LogP contribution in [0.1, 0.15) is 12.0 Å². The third-order valence-corrected chi connectivity index (χ3v) is 6.15. The van der Waals surface area contributed by atoms with E-state index in [1.54, 1.807) is 34.7 Å². The van der Waals surface area contributed by atoms with Crippen molar-refractivity contribution < 1.29 is 17.6 Å². The number of sulfonamides is 1. The molecular formula is C18H21FN4O3S. The van der Waals surface area contributed by atoms with Crippen LogP contribution in [0, 0.1) is 5.82 Å². The molecule has 0 saturated carbocycles. The number of benzene rings is 1. The maximum Gasteiger partial charge on any atom is 0.262 e. The largest absolute Gasteiger partial charge is 0.339 e. The third-order valence-electron chi connectivity index (χ3n) is 4.36. The first-order valence-corrected chi connectivity index (χ1v) is 10.0. The molecule has 0 spiro atoms. The van der Waals surface area contributed by atoms with Crippen LogP contribution in [-0.2, 0) is 21.9 Å². The Balaban J connectivity index is 1.66. The number of rotatable bonds is 4. The van der Waals surface area contributed by atoms with Crippen LogP contribution in [0.4, 0.5) is 4.39 Å². The molecule has 2 aromatic rings. The van der Waals surface area contributed by atoms with E-state index in [-0.39, 0.29) is 24.0 Å². The second kappa shape index (κ2) is 8.01. The van der Waals surface area contributed by atoms with Gasteiger partial charge in [-0.3, -0.25) is 4.79 Å². The molecule has 1 saturated heterocycles. The van der Waals surface area contributed by atoms with Crippen molar-refractivity contribution in [1.82, 2.24) is 18.8 Å². The smallest absolute Gasteiger partial charge is 0.262 e. The van der Waals surface area contributed by atoms with Gasteiger partial charge >= 0.3 is 0 Å². The highest BCUT2D eigenvalue weighted by Gasteiger charge is 2.29. The molecule has 1 fully saturated rings. The lowest BCUT2D eigenvalue weighted by molar-refractivity contribution is -0.125. The fourth-order valence-corrected chi connectivity index (χ4v) is 4.32. The Hall–Kier alpha value is -2.52. The molecule has 1 aromatic heterocycles. The van der Waals surface area contributed by atoms with E-state index in [0.717, 1.165) is 0 Å². The van der Waals surface area contributed by atoms with Gasteiger partial charge in [0.05, 0.1) is 6.33 Å². The van der Waals surface area contributed by atoms with Crippen molar-refractivity contribution in [2.24, 2.45) is 7.05 Å². The molecule has 27 heavy (non-hydrogen) atoms. The molecule has 1 aliphatic heterocycles. The number of imidazole rings is 1. The zero-order valence-corrected chi connectivity index (χ0v) is 15.8. The van der Waals surface area contributed by atoms with E-state index in [9.17, 15) is 17.6 Å². The summed E-state index contributed by atoms with van der Waals surface area (Å²) in [5.74, 6) is -0.666. The molecule has 2 heterocycles. The Morgan fingerprint density at radius 3 is 2.67 bits per heavy atom. The molecule has 1 aromatic carbocycles. The SMILES string of the molecule is Cn1cnc(S(=O)(=O)N2CCCN(C(=O)/C=C/c3ccccc3F)CC2)c1. The van der Waals surface area contributed by atoms with E-state index < -0.39 is 15.8 Å². The first-order valence-electron chi connectivity index (χ1n) is 8.57. The van der Waals surface area contributed by atoms with Crippen molar-refractivity contribution in [2.75, 3.05) is 26.2 Å². The van der Waals surface area contributed by atoms with E-state index in [0.29, 0.717) is 25.1 Å². The zero-order chi connectivity index (χ0) is 19.4. The molecular weight excluding hydrogens is 371 g/mol. The van der Waals surface area contributed by atoms with Gasteiger partial charge < -0.3 is 9.47 Å². The van der Waals surface area contributed by atoms with Crippen LogP contribution in [0.5, 0.6) is 0 Å². The first-order chi connectivity index (χ1) is 12.9. The number of nitrogens with zero attached hydrogens (tertiary/aromatic N) is 4. The number of aryl methyl sites for hydroxylation is 1. The van der Waals surface area contributed by atoms with Gasteiger partial charge in [0.25, 0.3) is 10.0 Å². The Morgan fingerprint density at radius 2 is 1.96 bits per heavy atom. The number of hydrogen-bond acceptors (Lipinski definition) is 4. The summed E-state index contributed by atoms with van der Waals surface area (Å²) in [6, 6.07) is 6.19. The highest BCUT2D eigenvalue weighted by atomic mass is 32.2. The lowest BCUT2D eigenvalue weighted by atomic mass is 10.2. The van der Waals surface area contributed by atoms with Gasteiger partial charge in [-0.05, 0) is 18.6 Å². The molecule has 0 radical (unpaired) electrons. The van der Waals surface area contributed by atoms with Gasteiger partial charge in [0, 0.05) is 51.1 Å². The van der Waals surface area contributed by atoms with Crippen LogP contribution < -0.4 is 0 Å². The summed E-state index contributed by atoms with van der Waals surface area (Å²) in [5, 5.41) is 0.00391. The summed E-state index contributed by atoms with van der Waals surface area (Å²) >= 11 is 0. The maximum atomic E-state index is 13.6. The average Bonchev–Trinajstić information content (AvgIpc) is 2.93. The molecule has 0 aliphatic carbocycles. The molecule has 0 unspecified atom stereocenters. The number of hydrogen-bond donors (Lipinski definition) is 0. The van der Waals surface area contributed by atoms with Crippen LogP contribution in [0.3, 0.4) is 0 Å². The van der Waals surface area contributed by atoms with Gasteiger partial charge in [-0.1, -0.05) is 18.2 Å². The molecule has 144 valence electrons. The van der Waals surface area contributed by atoms with E-state index in [2.05, 4.69) is 4.98 Å². The summed E-state index contributed by atoms with van der Waals surface area (Å²) < 4.78 is 41.9. The number of carbonyl (C=O) groups is 1. The minimum absolute atomic E-state index is 0.00391. The van der Waals surface area contributed by atoms with Gasteiger partial charge in [0.15, 0.2) is 5.03 Å². The fraction of sp³-hybridized carbons (Fsp3) is 0.333. The topological polar surface area (TPSA) is 75.5 Å². The van der Waals surface area contributed by atoms with E-state index in [1.165, 1.54) is 35.0 Å². The standard InChI is InChI=1S/C18H21FN4O3S/c1-21-13-17(20-14-21)27(25,26)23-10-4-9-22(11-12-23)18(24)8-7-15-5-2-3-6-16(15)19/h2-3,5-8,13-14H,4,9-12H2,1H3/b8-7+. The zero-order valence-electron chi connectivity index (χ0n) is 15.0. The second-order valence-electron chi connectivity index (χ2n) is 6.32. The fourth-order valence-electron chi connectivity index (χ4n) is 2.89. The summed E-state index contributed by atoms with van der Waals surface area (Å²) in [6.45, 7) is 1.22. The van der Waals surface area contributed by atoms with Crippen molar-refractivity contribution in [1.29, 1.82) is 0 Å². The highest BCUT2D eigenvalue weighted by molar-refractivity contribution is 7.89. The quantitative estimate of drug-likeness (QED) is 0.739. The van der Waals surface area contributed by atoms with Crippen molar-refractivity contribution in [3.63, 3.8) is 0 Å². The van der Waals surface area contributed by atoms with Crippen LogP contribution in [0.2, 0.25) is 0 Å². The van der Waals surface area contributed by atoms with Gasteiger partial charge in [0.1, 0.15) is 5.82 Å². The van der Waals surface area contributed by atoms with Crippen LogP contribution in [0.15, 0.2) is 47.9 Å². The summed E-state index contributed by atoms with van der Waals surface area (Å²) in [4.78, 5) is 17.9. The number of halogens is 1. The minimum atomic E-state index is -3.68. The summed E-state index contributed by atoms with van der Waals surface area (Å²) in [5.41, 5.74) is 0.333. The van der Waals surface area contributed by atoms with E-state index >= 15 is 0 Å². The Bertz CT molecular complexity index is 955. The van der Waals surface area contributed by atoms with Crippen molar-refractivity contribution in [3.8, 4) is 0 Å². The molecule has 7 nitrogen and oxygen atoms in total. The maximum absolute atomic E-state index is 13.6. The molecule has 3 rings (SSSR count). The lowest BCUT2D eigenvalue weighted by Gasteiger charge is -2.20. The molecule has 1 amide bonds. The predicted molar refractivity (Wildman–Crippen MR) is 98.6 cm³/mol. The van der Waals surface area contributed by atoms with E-state index in [4.69, 9.17) is 0 Å². The van der Waals surface area contributed by atoms with Crippen LogP contribution >= 0.6 is 0 Å². The van der Waals surface area contributed by atoms with Crippen molar-refractivity contribution >= 4 is 22.0 Å². The van der Waals surface area contributed by atoms with Gasteiger partial charge in [-0.15, -0.1) is 0 Å². The van der Waals surface area contributed by atoms with Crippen LogP contribution in [0.25, 0.3) is 6.08 Å². The molecule has 0 atom stereocenters. The van der Waals surface area contributed by atoms with Crippen molar-refractivity contribution in [2.45, 2.75) is 11.4 Å². The van der Waals surface area contributed by atoms with Gasteiger partial charge in [-0.2, -0.15) is 4.31 Å². The number of amides is 1. The van der Waals surface area contributed by atoms with Gasteiger partial charge in [0.2, 0.25) is 5.91 Å². The Morgan fingerprint density at radius 1 is 1.19 bits per heavy atom. The number of aromatic nitrogens is 2. The Kier molecular flexibility index (Phi) is 5.71. The molecule has 0 N–H and O–H groups in total. The third kappa shape index (κ3) is 4.42. The van der Waals surface area contributed by atoms with E-state index in [1.807, 2.05) is 0 Å². The summed E-state index contributed by atoms with van der Waals surface area (Å²) in [7, 11) is -1.97. The van der Waals surface area contributed by atoms with Gasteiger partial charge in [-0.25, -0.2) is 17.8 Å². The minimum Gasteiger partial charge on any atom is -0.339 e. The monoisotopic (exact) mass is 392 g/mol. The normalized spacial score (nSPS) is 16.6.